The zero-order chi connectivity index (χ0) is 14.0. The molecule has 19 heavy (non-hydrogen) atoms. The topological polar surface area (TPSA) is 53.1 Å². The summed E-state index contributed by atoms with van der Waals surface area (Å²) >= 11 is 1.89. The SMILES string of the molecule is CC1c2ccsc2CCN1CCCC(C)(C)C(=N)N. The minimum atomic E-state index is -0.160. The Morgan fingerprint density at radius 3 is 3.00 bits per heavy atom. The van der Waals surface area contributed by atoms with Gasteiger partial charge in [-0.2, -0.15) is 0 Å². The summed E-state index contributed by atoms with van der Waals surface area (Å²) in [6.07, 6.45) is 3.28. The summed E-state index contributed by atoms with van der Waals surface area (Å²) in [6.45, 7) is 8.70. The van der Waals surface area contributed by atoms with Gasteiger partial charge in [-0.15, -0.1) is 11.3 Å². The Morgan fingerprint density at radius 2 is 2.32 bits per heavy atom. The Balaban J connectivity index is 1.87. The standard InChI is InChI=1S/C15H25N3S/c1-11-12-6-10-19-13(12)5-9-18(11)8-4-7-15(2,3)14(16)17/h6,10-11H,4-5,7-9H2,1-3H3,(H3,16,17). The van der Waals surface area contributed by atoms with Crippen LogP contribution in [-0.2, 0) is 6.42 Å². The summed E-state index contributed by atoms with van der Waals surface area (Å²) in [5.74, 6) is 0.305. The first kappa shape index (κ1) is 14.5. The molecule has 0 saturated heterocycles. The average molecular weight is 279 g/mol. The Labute approximate surface area is 120 Å². The number of thiophene rings is 1. The van der Waals surface area contributed by atoms with Gasteiger partial charge in [0.15, 0.2) is 0 Å². The van der Waals surface area contributed by atoms with Gasteiger partial charge in [0.2, 0.25) is 0 Å². The zero-order valence-electron chi connectivity index (χ0n) is 12.2. The van der Waals surface area contributed by atoms with E-state index < -0.39 is 0 Å². The lowest BCUT2D eigenvalue weighted by Crippen LogP contribution is -2.36. The maximum absolute atomic E-state index is 7.60. The van der Waals surface area contributed by atoms with Crippen molar-refractivity contribution in [2.75, 3.05) is 13.1 Å². The molecule has 1 unspecified atom stereocenters. The maximum atomic E-state index is 7.60. The quantitative estimate of drug-likeness (QED) is 0.641. The van der Waals surface area contributed by atoms with Gasteiger partial charge in [-0.25, -0.2) is 0 Å². The van der Waals surface area contributed by atoms with Crippen LogP contribution in [0.1, 0.15) is 50.1 Å². The van der Waals surface area contributed by atoms with Crippen LogP contribution in [0.15, 0.2) is 11.4 Å². The number of amidine groups is 1. The zero-order valence-corrected chi connectivity index (χ0v) is 13.0. The van der Waals surface area contributed by atoms with Crippen molar-refractivity contribution in [2.24, 2.45) is 11.1 Å². The highest BCUT2D eigenvalue weighted by molar-refractivity contribution is 7.10. The van der Waals surface area contributed by atoms with Crippen molar-refractivity contribution >= 4 is 17.2 Å². The van der Waals surface area contributed by atoms with Crippen molar-refractivity contribution in [3.63, 3.8) is 0 Å². The number of fused-ring (bicyclic) bond motifs is 1. The molecule has 2 heterocycles. The lowest BCUT2D eigenvalue weighted by molar-refractivity contribution is 0.191. The van der Waals surface area contributed by atoms with Crippen LogP contribution in [0, 0.1) is 10.8 Å². The molecule has 1 aliphatic heterocycles. The molecule has 2 rings (SSSR count). The minimum Gasteiger partial charge on any atom is -0.387 e. The van der Waals surface area contributed by atoms with Gasteiger partial charge in [-0.05, 0) is 49.7 Å². The molecule has 3 N–H and O–H groups in total. The molecule has 0 saturated carbocycles. The van der Waals surface area contributed by atoms with E-state index in [1.807, 2.05) is 11.3 Å². The monoisotopic (exact) mass is 279 g/mol. The van der Waals surface area contributed by atoms with E-state index in [0.717, 1.165) is 25.9 Å². The highest BCUT2D eigenvalue weighted by Gasteiger charge is 2.26. The molecule has 0 aliphatic carbocycles. The molecule has 0 amide bonds. The molecule has 1 aliphatic rings. The molecule has 0 spiro atoms. The number of nitrogens with one attached hydrogen (secondary N) is 1. The predicted octanol–water partition coefficient (Wildman–Crippen LogP) is 3.41. The highest BCUT2D eigenvalue weighted by atomic mass is 32.1. The second kappa shape index (κ2) is 5.63. The second-order valence-corrected chi connectivity index (χ2v) is 7.16. The summed E-state index contributed by atoms with van der Waals surface area (Å²) in [4.78, 5) is 4.12. The van der Waals surface area contributed by atoms with Crippen LogP contribution in [-0.4, -0.2) is 23.8 Å². The van der Waals surface area contributed by atoms with Gasteiger partial charge in [-0.3, -0.25) is 10.3 Å². The summed E-state index contributed by atoms with van der Waals surface area (Å²) in [6, 6.07) is 2.81. The Bertz CT molecular complexity index is 450. The Kier molecular flexibility index (Phi) is 4.31. The molecule has 0 radical (unpaired) electrons. The first-order valence-corrected chi connectivity index (χ1v) is 7.94. The van der Waals surface area contributed by atoms with E-state index in [2.05, 4.69) is 37.1 Å². The number of rotatable bonds is 5. The third-order valence-corrected chi connectivity index (χ3v) is 5.38. The molecule has 0 fully saturated rings. The van der Waals surface area contributed by atoms with E-state index in [4.69, 9.17) is 11.1 Å². The van der Waals surface area contributed by atoms with E-state index in [1.165, 1.54) is 12.0 Å². The third kappa shape index (κ3) is 3.18. The highest BCUT2D eigenvalue weighted by Crippen LogP contribution is 2.33. The maximum Gasteiger partial charge on any atom is 0.0963 e. The second-order valence-electron chi connectivity index (χ2n) is 6.16. The molecule has 1 atom stereocenters. The summed E-state index contributed by atoms with van der Waals surface area (Å²) in [7, 11) is 0. The number of nitrogens with zero attached hydrogens (tertiary/aromatic N) is 1. The van der Waals surface area contributed by atoms with Gasteiger partial charge >= 0.3 is 0 Å². The van der Waals surface area contributed by atoms with Crippen molar-refractivity contribution in [2.45, 2.75) is 46.1 Å². The molecule has 0 bridgehead atoms. The van der Waals surface area contributed by atoms with E-state index in [0.29, 0.717) is 11.9 Å². The first-order valence-electron chi connectivity index (χ1n) is 7.06. The van der Waals surface area contributed by atoms with Crippen molar-refractivity contribution in [3.8, 4) is 0 Å². The van der Waals surface area contributed by atoms with Crippen molar-refractivity contribution in [1.29, 1.82) is 5.41 Å². The Morgan fingerprint density at radius 1 is 1.58 bits per heavy atom. The summed E-state index contributed by atoms with van der Waals surface area (Å²) < 4.78 is 0. The first-order chi connectivity index (χ1) is 8.92. The van der Waals surface area contributed by atoms with Crippen LogP contribution in [0.5, 0.6) is 0 Å². The summed E-state index contributed by atoms with van der Waals surface area (Å²) in [5, 5.41) is 9.81. The minimum absolute atomic E-state index is 0.160. The fourth-order valence-electron chi connectivity index (χ4n) is 2.73. The molecule has 1 aromatic rings. The molecular weight excluding hydrogens is 254 g/mol. The fourth-order valence-corrected chi connectivity index (χ4v) is 3.69. The molecule has 4 heteroatoms. The van der Waals surface area contributed by atoms with Crippen molar-refractivity contribution in [1.82, 2.24) is 4.90 Å². The van der Waals surface area contributed by atoms with Crippen LogP contribution in [0.25, 0.3) is 0 Å². The van der Waals surface area contributed by atoms with Crippen LogP contribution in [0.4, 0.5) is 0 Å². The summed E-state index contributed by atoms with van der Waals surface area (Å²) in [5.41, 5.74) is 6.99. The van der Waals surface area contributed by atoms with Crippen LogP contribution in [0.2, 0.25) is 0 Å². The van der Waals surface area contributed by atoms with E-state index in [-0.39, 0.29) is 5.41 Å². The molecule has 0 aromatic carbocycles. The van der Waals surface area contributed by atoms with Gasteiger partial charge in [0.1, 0.15) is 0 Å². The molecule has 106 valence electrons. The lowest BCUT2D eigenvalue weighted by Gasteiger charge is -2.34. The average Bonchev–Trinajstić information content (AvgIpc) is 2.80. The normalized spacial score (nSPS) is 20.3. The van der Waals surface area contributed by atoms with Crippen LogP contribution >= 0.6 is 11.3 Å². The largest absolute Gasteiger partial charge is 0.387 e. The fraction of sp³-hybridized carbons (Fsp3) is 0.667. The van der Waals surface area contributed by atoms with Gasteiger partial charge in [0.05, 0.1) is 5.84 Å². The van der Waals surface area contributed by atoms with Gasteiger partial charge < -0.3 is 5.73 Å². The van der Waals surface area contributed by atoms with Crippen molar-refractivity contribution in [3.05, 3.63) is 21.9 Å². The van der Waals surface area contributed by atoms with Gasteiger partial charge in [0.25, 0.3) is 0 Å². The van der Waals surface area contributed by atoms with Gasteiger partial charge in [-0.1, -0.05) is 13.8 Å². The van der Waals surface area contributed by atoms with Crippen molar-refractivity contribution < 1.29 is 0 Å². The van der Waals surface area contributed by atoms with E-state index in [9.17, 15) is 0 Å². The van der Waals surface area contributed by atoms with Gasteiger partial charge in [0, 0.05) is 22.9 Å². The molecule has 3 nitrogen and oxygen atoms in total. The van der Waals surface area contributed by atoms with Crippen LogP contribution in [0.3, 0.4) is 0 Å². The number of nitrogens with two attached hydrogens (primary N) is 1. The van der Waals surface area contributed by atoms with Crippen LogP contribution < -0.4 is 5.73 Å². The lowest BCUT2D eigenvalue weighted by atomic mass is 9.86. The van der Waals surface area contributed by atoms with E-state index in [1.54, 1.807) is 4.88 Å². The third-order valence-electron chi connectivity index (χ3n) is 4.38. The van der Waals surface area contributed by atoms with E-state index >= 15 is 0 Å². The molecular formula is C15H25N3S. The smallest absolute Gasteiger partial charge is 0.0963 e. The Hall–Kier alpha value is -0.870. The predicted molar refractivity (Wildman–Crippen MR) is 82.9 cm³/mol. The number of hydrogen-bond donors (Lipinski definition) is 2. The molecule has 1 aromatic heterocycles. The number of hydrogen-bond acceptors (Lipinski definition) is 3.